The summed E-state index contributed by atoms with van der Waals surface area (Å²) in [6, 6.07) is 17.0. The van der Waals surface area contributed by atoms with Gasteiger partial charge in [0.15, 0.2) is 0 Å². The summed E-state index contributed by atoms with van der Waals surface area (Å²) >= 11 is 0. The largest absolute Gasteiger partial charge is 0.457 e. The summed E-state index contributed by atoms with van der Waals surface area (Å²) in [5.41, 5.74) is 0.0250. The predicted molar refractivity (Wildman–Crippen MR) is 93.1 cm³/mol. The normalized spacial score (nSPS) is 11.2. The van der Waals surface area contributed by atoms with Gasteiger partial charge in [0.05, 0.1) is 0 Å². The molecule has 0 aliphatic carbocycles. The van der Waals surface area contributed by atoms with Gasteiger partial charge in [0, 0.05) is 12.5 Å². The molecule has 1 N–H and O–H groups in total. The zero-order chi connectivity index (χ0) is 17.9. The van der Waals surface area contributed by atoms with Crippen molar-refractivity contribution in [2.24, 2.45) is 0 Å². The highest BCUT2D eigenvalue weighted by Crippen LogP contribution is 2.27. The van der Waals surface area contributed by atoms with Gasteiger partial charge in [-0.2, -0.15) is 4.98 Å². The van der Waals surface area contributed by atoms with Gasteiger partial charge in [0.1, 0.15) is 17.0 Å². The average Bonchev–Trinajstić information content (AvgIpc) is 3.06. The highest BCUT2D eigenvalue weighted by atomic mass is 16.5. The minimum atomic E-state index is -0.741. The zero-order valence-electron chi connectivity index (χ0n) is 14.3. The highest BCUT2D eigenvalue weighted by Gasteiger charge is 2.28. The van der Waals surface area contributed by atoms with Gasteiger partial charge in [-0.15, -0.1) is 0 Å². The second-order valence-corrected chi connectivity index (χ2v) is 6.17. The molecule has 0 atom stereocenters. The van der Waals surface area contributed by atoms with Crippen molar-refractivity contribution in [1.82, 2.24) is 15.5 Å². The van der Waals surface area contributed by atoms with Crippen LogP contribution in [0.5, 0.6) is 11.5 Å². The molecule has 0 saturated heterocycles. The van der Waals surface area contributed by atoms with Crippen LogP contribution >= 0.6 is 0 Å². The van der Waals surface area contributed by atoms with Crippen molar-refractivity contribution >= 4 is 5.91 Å². The molecule has 0 radical (unpaired) electrons. The lowest BCUT2D eigenvalue weighted by atomic mass is 10.1. The summed E-state index contributed by atoms with van der Waals surface area (Å²) in [6.45, 7) is 5.06. The van der Waals surface area contributed by atoms with Crippen LogP contribution < -0.4 is 10.1 Å². The number of rotatable bonds is 5. The van der Waals surface area contributed by atoms with Crippen molar-refractivity contribution in [3.05, 3.63) is 60.5 Å². The van der Waals surface area contributed by atoms with E-state index < -0.39 is 5.54 Å². The van der Waals surface area contributed by atoms with Crippen LogP contribution in [0.1, 0.15) is 26.7 Å². The van der Waals surface area contributed by atoms with Crippen molar-refractivity contribution in [2.75, 3.05) is 0 Å². The first kappa shape index (κ1) is 16.7. The lowest BCUT2D eigenvalue weighted by Gasteiger charge is -2.20. The Labute approximate surface area is 145 Å². The third-order valence-electron chi connectivity index (χ3n) is 3.52. The Hall–Kier alpha value is -3.15. The van der Waals surface area contributed by atoms with Crippen LogP contribution in [-0.2, 0) is 10.3 Å². The van der Waals surface area contributed by atoms with E-state index in [1.54, 1.807) is 13.8 Å². The SMILES string of the molecule is CC(=O)NC(C)(C)c1nc(-c2cccc(Oc3ccccc3)c2)no1. The Bertz CT molecular complexity index is 872. The van der Waals surface area contributed by atoms with Crippen LogP contribution in [0.3, 0.4) is 0 Å². The smallest absolute Gasteiger partial charge is 0.252 e. The minimum absolute atomic E-state index is 0.164. The van der Waals surface area contributed by atoms with Crippen molar-refractivity contribution in [2.45, 2.75) is 26.3 Å². The van der Waals surface area contributed by atoms with E-state index in [2.05, 4.69) is 15.5 Å². The van der Waals surface area contributed by atoms with Crippen molar-refractivity contribution < 1.29 is 14.1 Å². The first-order valence-corrected chi connectivity index (χ1v) is 7.90. The third kappa shape index (κ3) is 4.03. The van der Waals surface area contributed by atoms with Crippen LogP contribution in [0, 0.1) is 0 Å². The molecule has 128 valence electrons. The van der Waals surface area contributed by atoms with Crippen molar-refractivity contribution in [3.63, 3.8) is 0 Å². The predicted octanol–water partition coefficient (Wildman–Crippen LogP) is 3.90. The average molecular weight is 337 g/mol. The molecule has 6 nitrogen and oxygen atoms in total. The molecule has 25 heavy (non-hydrogen) atoms. The van der Waals surface area contributed by atoms with Crippen LogP contribution in [0.25, 0.3) is 11.4 Å². The van der Waals surface area contributed by atoms with Crippen LogP contribution in [0.15, 0.2) is 59.1 Å². The Balaban J connectivity index is 1.83. The molecule has 1 heterocycles. The highest BCUT2D eigenvalue weighted by molar-refractivity contribution is 5.73. The van der Waals surface area contributed by atoms with E-state index >= 15 is 0 Å². The fourth-order valence-electron chi connectivity index (χ4n) is 2.41. The number of nitrogens with zero attached hydrogens (tertiary/aromatic N) is 2. The molecule has 0 spiro atoms. The molecule has 0 fully saturated rings. The molecule has 3 aromatic rings. The monoisotopic (exact) mass is 337 g/mol. The van der Waals surface area contributed by atoms with Crippen molar-refractivity contribution in [1.29, 1.82) is 0 Å². The fourth-order valence-corrected chi connectivity index (χ4v) is 2.41. The first-order valence-electron chi connectivity index (χ1n) is 7.90. The lowest BCUT2D eigenvalue weighted by molar-refractivity contribution is -0.120. The summed E-state index contributed by atoms with van der Waals surface area (Å²) in [5.74, 6) is 2.04. The van der Waals surface area contributed by atoms with Gasteiger partial charge in [-0.05, 0) is 38.1 Å². The molecule has 0 bridgehead atoms. The molecule has 2 aromatic carbocycles. The molecule has 0 aliphatic rings. The van der Waals surface area contributed by atoms with E-state index in [9.17, 15) is 4.79 Å². The van der Waals surface area contributed by atoms with Crippen LogP contribution in [-0.4, -0.2) is 16.0 Å². The van der Waals surface area contributed by atoms with E-state index in [0.29, 0.717) is 17.5 Å². The molecule has 3 rings (SSSR count). The number of aromatic nitrogens is 2. The number of hydrogen-bond acceptors (Lipinski definition) is 5. The van der Waals surface area contributed by atoms with Gasteiger partial charge in [-0.3, -0.25) is 4.79 Å². The number of benzene rings is 2. The summed E-state index contributed by atoms with van der Waals surface area (Å²) in [6.07, 6.45) is 0. The maximum atomic E-state index is 11.3. The number of carbonyl (C=O) groups excluding carboxylic acids is 1. The molecule has 0 unspecified atom stereocenters. The maximum absolute atomic E-state index is 11.3. The quantitative estimate of drug-likeness (QED) is 0.764. The van der Waals surface area contributed by atoms with Gasteiger partial charge in [0.2, 0.25) is 11.7 Å². The van der Waals surface area contributed by atoms with Gasteiger partial charge in [-0.25, -0.2) is 0 Å². The third-order valence-corrected chi connectivity index (χ3v) is 3.52. The van der Waals surface area contributed by atoms with Gasteiger partial charge < -0.3 is 14.6 Å². The Morgan fingerprint density at radius 1 is 1.08 bits per heavy atom. The molecular weight excluding hydrogens is 318 g/mol. The molecule has 6 heteroatoms. The Morgan fingerprint density at radius 3 is 2.52 bits per heavy atom. The fraction of sp³-hybridized carbons (Fsp3) is 0.211. The molecular formula is C19H19N3O3. The topological polar surface area (TPSA) is 77.2 Å². The van der Waals surface area contributed by atoms with E-state index in [1.807, 2.05) is 54.6 Å². The van der Waals surface area contributed by atoms with E-state index in [-0.39, 0.29) is 5.91 Å². The van der Waals surface area contributed by atoms with E-state index in [4.69, 9.17) is 9.26 Å². The van der Waals surface area contributed by atoms with Gasteiger partial charge >= 0.3 is 0 Å². The van der Waals surface area contributed by atoms with E-state index in [0.717, 1.165) is 11.3 Å². The number of para-hydroxylation sites is 1. The Kier molecular flexibility index (Phi) is 4.52. The van der Waals surface area contributed by atoms with Gasteiger partial charge in [0.25, 0.3) is 5.89 Å². The minimum Gasteiger partial charge on any atom is -0.457 e. The lowest BCUT2D eigenvalue weighted by Crippen LogP contribution is -2.39. The number of amides is 1. The van der Waals surface area contributed by atoms with Crippen LogP contribution in [0.2, 0.25) is 0 Å². The standard InChI is InChI=1S/C19H19N3O3/c1-13(23)21-19(2,3)18-20-17(22-25-18)14-8-7-11-16(12-14)24-15-9-5-4-6-10-15/h4-12H,1-3H3,(H,21,23). The van der Waals surface area contributed by atoms with Crippen LogP contribution in [0.4, 0.5) is 0 Å². The maximum Gasteiger partial charge on any atom is 0.252 e. The molecule has 1 amide bonds. The summed E-state index contributed by atoms with van der Waals surface area (Å²) in [5, 5.41) is 6.80. The summed E-state index contributed by atoms with van der Waals surface area (Å²) in [7, 11) is 0. The second kappa shape index (κ2) is 6.76. The second-order valence-electron chi connectivity index (χ2n) is 6.17. The molecule has 1 aromatic heterocycles. The first-order chi connectivity index (χ1) is 11.9. The Morgan fingerprint density at radius 2 is 1.80 bits per heavy atom. The summed E-state index contributed by atoms with van der Waals surface area (Å²) in [4.78, 5) is 15.7. The summed E-state index contributed by atoms with van der Waals surface area (Å²) < 4.78 is 11.2. The number of ether oxygens (including phenoxy) is 1. The van der Waals surface area contributed by atoms with E-state index in [1.165, 1.54) is 6.92 Å². The number of hydrogen-bond donors (Lipinski definition) is 1. The van der Waals surface area contributed by atoms with Gasteiger partial charge in [-0.1, -0.05) is 35.5 Å². The zero-order valence-corrected chi connectivity index (χ0v) is 14.3. The molecule has 0 aliphatic heterocycles. The van der Waals surface area contributed by atoms with Crippen molar-refractivity contribution in [3.8, 4) is 22.9 Å². The number of carbonyl (C=O) groups is 1. The molecule has 0 saturated carbocycles. The number of nitrogens with one attached hydrogen (secondary N) is 1.